The van der Waals surface area contributed by atoms with Gasteiger partial charge in [-0.15, -0.1) is 11.8 Å². The van der Waals surface area contributed by atoms with Crippen molar-refractivity contribution in [1.82, 2.24) is 10.3 Å². The van der Waals surface area contributed by atoms with E-state index in [1.54, 1.807) is 36.0 Å². The van der Waals surface area contributed by atoms with Crippen molar-refractivity contribution in [3.8, 4) is 0 Å². The van der Waals surface area contributed by atoms with Crippen LogP contribution in [0.2, 0.25) is 0 Å². The molecule has 3 aromatic rings. The van der Waals surface area contributed by atoms with Crippen LogP contribution >= 0.6 is 11.8 Å². The van der Waals surface area contributed by atoms with Crippen LogP contribution in [0.4, 0.5) is 5.69 Å². The van der Waals surface area contributed by atoms with Gasteiger partial charge in [-0.1, -0.05) is 42.5 Å². The van der Waals surface area contributed by atoms with Crippen LogP contribution < -0.4 is 5.43 Å². The van der Waals surface area contributed by atoms with Crippen molar-refractivity contribution in [3.63, 3.8) is 0 Å². The lowest BCUT2D eigenvalue weighted by Gasteiger charge is -2.24. The molecule has 2 amide bonds. The fourth-order valence-electron chi connectivity index (χ4n) is 3.39. The van der Waals surface area contributed by atoms with E-state index in [2.05, 4.69) is 10.5 Å². The second-order valence-corrected chi connectivity index (χ2v) is 8.41. The molecule has 0 radical (unpaired) electrons. The van der Waals surface area contributed by atoms with E-state index < -0.39 is 4.92 Å². The third-order valence-electron chi connectivity index (χ3n) is 5.11. The number of carbonyl (C=O) groups excluding carboxylic acids is 2. The van der Waals surface area contributed by atoms with Crippen molar-refractivity contribution in [2.45, 2.75) is 11.9 Å². The average Bonchev–Trinajstić information content (AvgIpc) is 3.20. The summed E-state index contributed by atoms with van der Waals surface area (Å²) in [6, 6.07) is 22.8. The highest BCUT2D eigenvalue weighted by Crippen LogP contribution is 2.39. The fraction of sp³-hybridized carbons (Fsp3) is 0.125. The number of benzene rings is 3. The summed E-state index contributed by atoms with van der Waals surface area (Å²) in [6.45, 7) is 0.539. The largest absolute Gasteiger partial charge is 0.322 e. The van der Waals surface area contributed by atoms with Crippen LogP contribution in [0.5, 0.6) is 0 Å². The molecule has 33 heavy (non-hydrogen) atoms. The average molecular weight is 461 g/mol. The lowest BCUT2D eigenvalue weighted by molar-refractivity contribution is -0.384. The minimum atomic E-state index is -0.479. The highest BCUT2D eigenvalue weighted by Gasteiger charge is 2.32. The number of nitro groups is 1. The number of hydrazone groups is 1. The molecule has 1 fully saturated rings. The molecule has 0 aliphatic carbocycles. The van der Waals surface area contributed by atoms with E-state index in [0.29, 0.717) is 23.4 Å². The van der Waals surface area contributed by atoms with Crippen LogP contribution in [0.3, 0.4) is 0 Å². The number of amides is 2. The Labute approximate surface area is 194 Å². The third kappa shape index (κ3) is 5.45. The SMILES string of the molecule is O=C(N/N=C/c1ccc([N+](=O)[O-])cc1)c1ccc(C2SCC(=O)N2Cc2ccccc2)cc1. The molecule has 1 unspecified atom stereocenters. The van der Waals surface area contributed by atoms with Gasteiger partial charge in [-0.2, -0.15) is 5.10 Å². The topological polar surface area (TPSA) is 105 Å². The first-order valence-corrected chi connectivity index (χ1v) is 11.2. The van der Waals surface area contributed by atoms with Gasteiger partial charge in [0.05, 0.1) is 16.9 Å². The number of thioether (sulfide) groups is 1. The van der Waals surface area contributed by atoms with Crippen LogP contribution in [0, 0.1) is 10.1 Å². The standard InChI is InChI=1S/C24H20N4O4S/c29-22-16-33-24(27(22)15-18-4-2-1-3-5-18)20-10-8-19(9-11-20)23(30)26-25-14-17-6-12-21(13-7-17)28(31)32/h1-14,24H,15-16H2,(H,26,30)/b25-14+. The maximum atomic E-state index is 12.4. The molecule has 1 aliphatic heterocycles. The Morgan fingerprint density at radius 2 is 1.79 bits per heavy atom. The molecule has 166 valence electrons. The maximum absolute atomic E-state index is 12.4. The number of non-ortho nitro benzene ring substituents is 1. The van der Waals surface area contributed by atoms with Crippen molar-refractivity contribution >= 4 is 35.5 Å². The molecular formula is C24H20N4O4S. The lowest BCUT2D eigenvalue weighted by atomic mass is 10.1. The number of nitro benzene ring substituents is 1. The van der Waals surface area contributed by atoms with E-state index in [0.717, 1.165) is 11.1 Å². The molecule has 1 aliphatic rings. The van der Waals surface area contributed by atoms with Gasteiger partial charge in [0, 0.05) is 24.2 Å². The molecule has 9 heteroatoms. The van der Waals surface area contributed by atoms with Crippen molar-refractivity contribution in [2.24, 2.45) is 5.10 Å². The number of nitrogens with zero attached hydrogens (tertiary/aromatic N) is 3. The van der Waals surface area contributed by atoms with Gasteiger partial charge >= 0.3 is 0 Å². The number of nitrogens with one attached hydrogen (secondary N) is 1. The quantitative estimate of drug-likeness (QED) is 0.324. The fourth-order valence-corrected chi connectivity index (χ4v) is 4.58. The minimum absolute atomic E-state index is 0.0132. The molecule has 1 heterocycles. The number of carbonyl (C=O) groups is 2. The maximum Gasteiger partial charge on any atom is 0.271 e. The molecule has 4 rings (SSSR count). The Morgan fingerprint density at radius 1 is 1.09 bits per heavy atom. The van der Waals surface area contributed by atoms with E-state index in [9.17, 15) is 19.7 Å². The lowest BCUT2D eigenvalue weighted by Crippen LogP contribution is -2.27. The smallest absolute Gasteiger partial charge is 0.271 e. The zero-order chi connectivity index (χ0) is 23.2. The molecule has 1 saturated heterocycles. The first-order valence-electron chi connectivity index (χ1n) is 10.1. The molecule has 3 aromatic carbocycles. The molecule has 0 saturated carbocycles. The van der Waals surface area contributed by atoms with Crippen LogP contribution in [0.15, 0.2) is 84.0 Å². The van der Waals surface area contributed by atoms with Gasteiger partial charge in [0.15, 0.2) is 0 Å². The second-order valence-electron chi connectivity index (χ2n) is 7.34. The van der Waals surface area contributed by atoms with Crippen LogP contribution in [-0.4, -0.2) is 33.6 Å². The van der Waals surface area contributed by atoms with Crippen molar-refractivity contribution in [1.29, 1.82) is 0 Å². The highest BCUT2D eigenvalue weighted by atomic mass is 32.2. The summed E-state index contributed by atoms with van der Waals surface area (Å²) >= 11 is 1.57. The number of rotatable bonds is 7. The second kappa shape index (κ2) is 10.1. The Bertz CT molecular complexity index is 1180. The third-order valence-corrected chi connectivity index (χ3v) is 6.36. The van der Waals surface area contributed by atoms with Gasteiger partial charge < -0.3 is 4.90 Å². The Balaban J connectivity index is 1.38. The van der Waals surface area contributed by atoms with Crippen LogP contribution in [-0.2, 0) is 11.3 Å². The van der Waals surface area contributed by atoms with Crippen molar-refractivity contribution < 1.29 is 14.5 Å². The van der Waals surface area contributed by atoms with Crippen molar-refractivity contribution in [2.75, 3.05) is 5.75 Å². The molecule has 1 atom stereocenters. The predicted molar refractivity (Wildman–Crippen MR) is 127 cm³/mol. The summed E-state index contributed by atoms with van der Waals surface area (Å²) in [6.07, 6.45) is 1.41. The molecule has 1 N–H and O–H groups in total. The molecule has 0 bridgehead atoms. The van der Waals surface area contributed by atoms with E-state index in [4.69, 9.17) is 0 Å². The Kier molecular flexibility index (Phi) is 6.80. The highest BCUT2D eigenvalue weighted by molar-refractivity contribution is 8.00. The summed E-state index contributed by atoms with van der Waals surface area (Å²) in [7, 11) is 0. The monoisotopic (exact) mass is 460 g/mol. The Hall–Kier alpha value is -3.98. The zero-order valence-electron chi connectivity index (χ0n) is 17.5. The molecule has 8 nitrogen and oxygen atoms in total. The number of hydrogen-bond donors (Lipinski definition) is 1. The van der Waals surface area contributed by atoms with Gasteiger partial charge in [0.1, 0.15) is 5.37 Å². The minimum Gasteiger partial charge on any atom is -0.322 e. The van der Waals surface area contributed by atoms with E-state index in [-0.39, 0.29) is 22.9 Å². The molecule has 0 aromatic heterocycles. The predicted octanol–water partition coefficient (Wildman–Crippen LogP) is 4.13. The summed E-state index contributed by atoms with van der Waals surface area (Å²) in [5, 5.41) is 14.5. The summed E-state index contributed by atoms with van der Waals surface area (Å²) in [5.41, 5.74) is 5.51. The first-order chi connectivity index (χ1) is 16.0. The van der Waals surface area contributed by atoms with Crippen LogP contribution in [0.25, 0.3) is 0 Å². The first kappa shape index (κ1) is 22.2. The summed E-state index contributed by atoms with van der Waals surface area (Å²) < 4.78 is 0. The Morgan fingerprint density at radius 3 is 2.45 bits per heavy atom. The van der Waals surface area contributed by atoms with Gasteiger partial charge in [-0.05, 0) is 41.0 Å². The van der Waals surface area contributed by atoms with Gasteiger partial charge in [-0.25, -0.2) is 5.43 Å². The molecular weight excluding hydrogens is 440 g/mol. The van der Waals surface area contributed by atoms with Gasteiger partial charge in [0.25, 0.3) is 11.6 Å². The molecule has 0 spiro atoms. The van der Waals surface area contributed by atoms with E-state index >= 15 is 0 Å². The van der Waals surface area contributed by atoms with Gasteiger partial charge in [-0.3, -0.25) is 19.7 Å². The van der Waals surface area contributed by atoms with Crippen LogP contribution in [0.1, 0.15) is 32.4 Å². The zero-order valence-corrected chi connectivity index (χ0v) is 18.3. The summed E-state index contributed by atoms with van der Waals surface area (Å²) in [4.78, 5) is 36.9. The normalized spacial score (nSPS) is 15.7. The number of hydrogen-bond acceptors (Lipinski definition) is 6. The van der Waals surface area contributed by atoms with E-state index in [1.165, 1.54) is 18.3 Å². The van der Waals surface area contributed by atoms with Crippen molar-refractivity contribution in [3.05, 3.63) is 111 Å². The summed E-state index contributed by atoms with van der Waals surface area (Å²) in [5.74, 6) is 0.143. The van der Waals surface area contributed by atoms with E-state index in [1.807, 2.05) is 47.4 Å². The van der Waals surface area contributed by atoms with Gasteiger partial charge in [0.2, 0.25) is 5.91 Å².